The molecule has 7 heteroatoms. The van der Waals surface area contributed by atoms with Gasteiger partial charge < -0.3 is 10.3 Å². The standard InChI is InChI=1S/C14H15N5OS/c1-3-9-12(21-19-18-9)14(20)15-8(2)13-16-10-6-4-5-7-11(10)17-13/h4-8H,3H2,1-2H3,(H,15,20)(H,16,17). The lowest BCUT2D eigenvalue weighted by molar-refractivity contribution is 0.0941. The third kappa shape index (κ3) is 2.64. The van der Waals surface area contributed by atoms with Crippen molar-refractivity contribution in [2.75, 3.05) is 0 Å². The predicted molar refractivity (Wildman–Crippen MR) is 81.3 cm³/mol. The molecule has 3 aromatic rings. The van der Waals surface area contributed by atoms with Crippen LogP contribution >= 0.6 is 11.5 Å². The number of carbonyl (C=O) groups is 1. The lowest BCUT2D eigenvalue weighted by atomic mass is 10.2. The van der Waals surface area contributed by atoms with Crippen molar-refractivity contribution < 1.29 is 4.79 Å². The third-order valence-corrected chi connectivity index (χ3v) is 4.03. The Morgan fingerprint density at radius 1 is 1.43 bits per heavy atom. The summed E-state index contributed by atoms with van der Waals surface area (Å²) in [7, 11) is 0. The molecular weight excluding hydrogens is 286 g/mol. The predicted octanol–water partition coefficient (Wildman–Crippen LogP) is 2.47. The first-order valence-corrected chi connectivity index (χ1v) is 7.53. The molecule has 0 fully saturated rings. The van der Waals surface area contributed by atoms with Gasteiger partial charge in [0.25, 0.3) is 5.91 Å². The van der Waals surface area contributed by atoms with Gasteiger partial charge in [0.2, 0.25) is 0 Å². The molecular formula is C14H15N5OS. The molecule has 0 saturated carbocycles. The van der Waals surface area contributed by atoms with Crippen LogP contribution in [0.4, 0.5) is 0 Å². The molecule has 1 amide bonds. The zero-order chi connectivity index (χ0) is 14.8. The molecule has 0 aliphatic heterocycles. The van der Waals surface area contributed by atoms with Crippen LogP contribution in [0, 0.1) is 0 Å². The Kier molecular flexibility index (Phi) is 3.66. The van der Waals surface area contributed by atoms with Gasteiger partial charge >= 0.3 is 0 Å². The smallest absolute Gasteiger partial charge is 0.265 e. The van der Waals surface area contributed by atoms with Gasteiger partial charge in [0.15, 0.2) is 0 Å². The molecule has 0 radical (unpaired) electrons. The zero-order valence-electron chi connectivity index (χ0n) is 11.8. The van der Waals surface area contributed by atoms with E-state index in [1.165, 1.54) is 0 Å². The molecule has 1 unspecified atom stereocenters. The van der Waals surface area contributed by atoms with Crippen LogP contribution < -0.4 is 5.32 Å². The molecule has 2 heterocycles. The number of rotatable bonds is 4. The highest BCUT2D eigenvalue weighted by Gasteiger charge is 2.19. The van der Waals surface area contributed by atoms with E-state index in [-0.39, 0.29) is 11.9 Å². The quantitative estimate of drug-likeness (QED) is 0.775. The van der Waals surface area contributed by atoms with E-state index >= 15 is 0 Å². The van der Waals surface area contributed by atoms with Crippen LogP contribution in [-0.2, 0) is 6.42 Å². The van der Waals surface area contributed by atoms with E-state index in [0.29, 0.717) is 11.3 Å². The van der Waals surface area contributed by atoms with Gasteiger partial charge in [-0.2, -0.15) is 0 Å². The topological polar surface area (TPSA) is 83.6 Å². The van der Waals surface area contributed by atoms with Crippen molar-refractivity contribution >= 4 is 28.5 Å². The lowest BCUT2D eigenvalue weighted by Gasteiger charge is -2.10. The normalized spacial score (nSPS) is 12.5. The van der Waals surface area contributed by atoms with Gasteiger partial charge in [-0.3, -0.25) is 4.79 Å². The second kappa shape index (κ2) is 5.61. The number of carbonyl (C=O) groups excluding carboxylic acids is 1. The van der Waals surface area contributed by atoms with Crippen molar-refractivity contribution in [3.05, 3.63) is 40.7 Å². The van der Waals surface area contributed by atoms with Crippen LogP contribution in [0.1, 0.15) is 41.1 Å². The molecule has 0 saturated heterocycles. The third-order valence-electron chi connectivity index (χ3n) is 3.26. The Labute approximate surface area is 125 Å². The second-order valence-electron chi connectivity index (χ2n) is 4.74. The molecule has 1 atom stereocenters. The molecule has 2 N–H and O–H groups in total. The molecule has 2 aromatic heterocycles. The first kappa shape index (κ1) is 13.7. The van der Waals surface area contributed by atoms with E-state index in [9.17, 15) is 4.79 Å². The van der Waals surface area contributed by atoms with Crippen LogP contribution in [0.15, 0.2) is 24.3 Å². The van der Waals surface area contributed by atoms with Crippen LogP contribution in [0.2, 0.25) is 0 Å². The van der Waals surface area contributed by atoms with Crippen LogP contribution in [-0.4, -0.2) is 25.5 Å². The Morgan fingerprint density at radius 3 is 3.00 bits per heavy atom. The van der Waals surface area contributed by atoms with Crippen LogP contribution in [0.5, 0.6) is 0 Å². The van der Waals surface area contributed by atoms with Crippen molar-refractivity contribution in [1.29, 1.82) is 0 Å². The summed E-state index contributed by atoms with van der Waals surface area (Å²) in [6, 6.07) is 7.57. The van der Waals surface area contributed by atoms with Crippen molar-refractivity contribution in [2.45, 2.75) is 26.3 Å². The molecule has 0 aliphatic rings. The second-order valence-corrected chi connectivity index (χ2v) is 5.49. The Bertz CT molecular complexity index is 745. The molecule has 0 bridgehead atoms. The summed E-state index contributed by atoms with van der Waals surface area (Å²) in [5.74, 6) is 0.579. The summed E-state index contributed by atoms with van der Waals surface area (Å²) in [4.78, 5) is 20.5. The van der Waals surface area contributed by atoms with Crippen molar-refractivity contribution in [1.82, 2.24) is 24.9 Å². The number of imidazole rings is 1. The number of fused-ring (bicyclic) bond motifs is 1. The summed E-state index contributed by atoms with van der Waals surface area (Å²) >= 11 is 1.12. The van der Waals surface area contributed by atoms with Gasteiger partial charge in [0.05, 0.1) is 22.8 Å². The first-order valence-electron chi connectivity index (χ1n) is 6.75. The number of aryl methyl sites for hydroxylation is 1. The fourth-order valence-electron chi connectivity index (χ4n) is 2.12. The van der Waals surface area contributed by atoms with Gasteiger partial charge in [0.1, 0.15) is 10.7 Å². The Morgan fingerprint density at radius 2 is 2.24 bits per heavy atom. The number of nitrogens with one attached hydrogen (secondary N) is 2. The molecule has 108 valence electrons. The van der Waals surface area contributed by atoms with E-state index < -0.39 is 0 Å². The van der Waals surface area contributed by atoms with E-state index in [1.807, 2.05) is 38.1 Å². The summed E-state index contributed by atoms with van der Waals surface area (Å²) in [5, 5.41) is 6.89. The number of para-hydroxylation sites is 2. The average molecular weight is 301 g/mol. The number of benzene rings is 1. The van der Waals surface area contributed by atoms with Gasteiger partial charge in [-0.1, -0.05) is 23.5 Å². The van der Waals surface area contributed by atoms with Gasteiger partial charge in [-0.05, 0) is 37.0 Å². The number of amides is 1. The largest absolute Gasteiger partial charge is 0.342 e. The monoisotopic (exact) mass is 301 g/mol. The van der Waals surface area contributed by atoms with E-state index in [2.05, 4.69) is 24.9 Å². The SMILES string of the molecule is CCc1nnsc1C(=O)NC(C)c1nc2ccccc2[nH]1. The molecule has 21 heavy (non-hydrogen) atoms. The highest BCUT2D eigenvalue weighted by atomic mass is 32.1. The number of nitrogens with zero attached hydrogens (tertiary/aromatic N) is 3. The summed E-state index contributed by atoms with van der Waals surface area (Å²) < 4.78 is 3.84. The number of hydrogen-bond donors (Lipinski definition) is 2. The molecule has 0 aliphatic carbocycles. The van der Waals surface area contributed by atoms with E-state index in [1.54, 1.807) is 0 Å². The molecule has 0 spiro atoms. The fraction of sp³-hybridized carbons (Fsp3) is 0.286. The molecule has 3 rings (SSSR count). The minimum absolute atomic E-state index is 0.158. The summed E-state index contributed by atoms with van der Waals surface area (Å²) in [5.41, 5.74) is 2.58. The number of aromatic nitrogens is 4. The van der Waals surface area contributed by atoms with Crippen molar-refractivity contribution in [3.63, 3.8) is 0 Å². The number of hydrogen-bond acceptors (Lipinski definition) is 5. The zero-order valence-corrected chi connectivity index (χ0v) is 12.6. The number of aromatic amines is 1. The summed E-state index contributed by atoms with van der Waals surface area (Å²) in [6.07, 6.45) is 0.693. The number of H-pyrrole nitrogens is 1. The van der Waals surface area contributed by atoms with Crippen molar-refractivity contribution in [3.8, 4) is 0 Å². The molecule has 1 aromatic carbocycles. The highest BCUT2D eigenvalue weighted by Crippen LogP contribution is 2.17. The highest BCUT2D eigenvalue weighted by molar-refractivity contribution is 7.08. The van der Waals surface area contributed by atoms with E-state index in [4.69, 9.17) is 0 Å². The first-order chi connectivity index (χ1) is 10.2. The maximum atomic E-state index is 12.3. The lowest BCUT2D eigenvalue weighted by Crippen LogP contribution is -2.27. The Hall–Kier alpha value is -2.28. The van der Waals surface area contributed by atoms with Crippen LogP contribution in [0.3, 0.4) is 0 Å². The summed E-state index contributed by atoms with van der Waals surface area (Å²) in [6.45, 7) is 3.85. The fourth-order valence-corrected chi connectivity index (χ4v) is 2.77. The Balaban J connectivity index is 1.79. The van der Waals surface area contributed by atoms with Gasteiger partial charge in [0, 0.05) is 0 Å². The maximum Gasteiger partial charge on any atom is 0.265 e. The van der Waals surface area contributed by atoms with E-state index in [0.717, 1.165) is 34.1 Å². The minimum Gasteiger partial charge on any atom is -0.342 e. The average Bonchev–Trinajstić information content (AvgIpc) is 3.13. The molecule has 6 nitrogen and oxygen atoms in total. The minimum atomic E-state index is -0.211. The van der Waals surface area contributed by atoms with Gasteiger partial charge in [-0.25, -0.2) is 4.98 Å². The van der Waals surface area contributed by atoms with Crippen molar-refractivity contribution in [2.24, 2.45) is 0 Å². The van der Waals surface area contributed by atoms with Crippen LogP contribution in [0.25, 0.3) is 11.0 Å². The maximum absolute atomic E-state index is 12.3. The van der Waals surface area contributed by atoms with Gasteiger partial charge in [-0.15, -0.1) is 5.10 Å².